The van der Waals surface area contributed by atoms with E-state index in [2.05, 4.69) is 0 Å². The molecule has 0 amide bonds. The molecule has 0 fully saturated rings. The Morgan fingerprint density at radius 3 is 2.46 bits per heavy atom. The summed E-state index contributed by atoms with van der Waals surface area (Å²) in [7, 11) is 1.98. The summed E-state index contributed by atoms with van der Waals surface area (Å²) in [6.07, 6.45) is 2.71. The van der Waals surface area contributed by atoms with Gasteiger partial charge >= 0.3 is 0 Å². The maximum Gasteiger partial charge on any atom is 0.183 e. The Hall–Kier alpha value is 0.530. The van der Waals surface area contributed by atoms with Crippen molar-refractivity contribution in [3.63, 3.8) is 0 Å². The van der Waals surface area contributed by atoms with Crippen molar-refractivity contribution >= 4 is 24.0 Å². The number of rotatable bonds is 2. The van der Waals surface area contributed by atoms with Crippen LogP contribution in [0.5, 0.6) is 0 Å². The largest absolute Gasteiger partial charge is 1.00 e. The molecule has 0 aliphatic rings. The normalized spacial score (nSPS) is 7.54. The lowest BCUT2D eigenvalue weighted by Crippen LogP contribution is -3.00. The second kappa shape index (κ2) is 10.6. The fraction of sp³-hybridized carbons (Fsp3) is 0.375. The third kappa shape index (κ3) is 6.58. The van der Waals surface area contributed by atoms with Crippen LogP contribution in [0.2, 0.25) is 0 Å². The van der Waals surface area contributed by atoms with Crippen LogP contribution in [0.4, 0.5) is 0 Å². The second-order valence-electron chi connectivity index (χ2n) is 2.28. The molecule has 13 heavy (non-hydrogen) atoms. The summed E-state index contributed by atoms with van der Waals surface area (Å²) in [6, 6.07) is 5.96. The number of nitrogens with zero attached hydrogens (tertiary/aromatic N) is 1. The van der Waals surface area contributed by atoms with Crippen LogP contribution in [0.15, 0.2) is 24.4 Å². The third-order valence-electron chi connectivity index (χ3n) is 1.53. The maximum atomic E-state index is 8.63. The molecule has 78 valence electrons. The Balaban J connectivity index is -0.000000333. The Labute approximate surface area is 113 Å². The molecule has 1 rings (SSSR count). The van der Waals surface area contributed by atoms with Gasteiger partial charge in [-0.2, -0.15) is 0 Å². The molecular formula is C8H16I2N2O. The summed E-state index contributed by atoms with van der Waals surface area (Å²) in [5.41, 5.74) is 1.16. The Morgan fingerprint density at radius 2 is 2.00 bits per heavy atom. The van der Waals surface area contributed by atoms with Crippen molar-refractivity contribution in [2.75, 3.05) is 6.61 Å². The van der Waals surface area contributed by atoms with Crippen LogP contribution in [-0.2, 0) is 13.5 Å². The van der Waals surface area contributed by atoms with Crippen LogP contribution in [-0.4, -0.2) is 11.7 Å². The summed E-state index contributed by atoms with van der Waals surface area (Å²) < 4.78 is 2.01. The Bertz CT molecular complexity index is 221. The standard InChI is InChI=1S/C8H12NO.2HI.H3N/c1-9-6-3-2-4-8(9)5-7-10;;;/h2-4,6,10H,5,7H2,1H3;2*1H;1H3/q+1;;;/p-1. The summed E-state index contributed by atoms with van der Waals surface area (Å²) in [5.74, 6) is 0. The van der Waals surface area contributed by atoms with Gasteiger partial charge < -0.3 is 35.2 Å². The van der Waals surface area contributed by atoms with E-state index in [0.29, 0.717) is 0 Å². The van der Waals surface area contributed by atoms with Crippen molar-refractivity contribution in [3.8, 4) is 0 Å². The maximum absolute atomic E-state index is 8.63. The minimum atomic E-state index is 0. The average Bonchev–Trinajstić information content (AvgIpc) is 1.94. The van der Waals surface area contributed by atoms with Gasteiger partial charge in [-0.05, 0) is 0 Å². The molecule has 1 aromatic heterocycles. The van der Waals surface area contributed by atoms with Gasteiger partial charge in [-0.15, -0.1) is 24.0 Å². The number of hydrogen-bond donors (Lipinski definition) is 2. The molecule has 0 radical (unpaired) electrons. The van der Waals surface area contributed by atoms with Gasteiger partial charge in [0.1, 0.15) is 7.05 Å². The smallest absolute Gasteiger partial charge is 0.183 e. The molecule has 0 bridgehead atoms. The molecular weight excluding hydrogens is 394 g/mol. The lowest BCUT2D eigenvalue weighted by Gasteiger charge is -1.94. The van der Waals surface area contributed by atoms with Gasteiger partial charge in [0, 0.05) is 12.1 Å². The molecule has 0 spiro atoms. The summed E-state index contributed by atoms with van der Waals surface area (Å²) in [4.78, 5) is 0. The monoisotopic (exact) mass is 410 g/mol. The van der Waals surface area contributed by atoms with Crippen LogP contribution < -0.4 is 34.7 Å². The van der Waals surface area contributed by atoms with Crippen molar-refractivity contribution in [2.45, 2.75) is 6.42 Å². The quantitative estimate of drug-likeness (QED) is 0.431. The lowest BCUT2D eigenvalue weighted by molar-refractivity contribution is -0.679. The molecule has 0 saturated carbocycles. The Morgan fingerprint density at radius 1 is 1.38 bits per heavy atom. The summed E-state index contributed by atoms with van der Waals surface area (Å²) >= 11 is 0. The van der Waals surface area contributed by atoms with E-state index >= 15 is 0 Å². The minimum absolute atomic E-state index is 0. The van der Waals surface area contributed by atoms with Gasteiger partial charge in [-0.3, -0.25) is 0 Å². The predicted molar refractivity (Wildman–Crippen MR) is 58.8 cm³/mol. The first kappa shape index (κ1) is 19.2. The molecule has 5 heteroatoms. The number of aromatic nitrogens is 1. The highest BCUT2D eigenvalue weighted by atomic mass is 127. The van der Waals surface area contributed by atoms with Gasteiger partial charge in [0.2, 0.25) is 0 Å². The van der Waals surface area contributed by atoms with E-state index in [9.17, 15) is 0 Å². The van der Waals surface area contributed by atoms with Gasteiger partial charge in [0.15, 0.2) is 11.9 Å². The highest BCUT2D eigenvalue weighted by Crippen LogP contribution is 1.89. The summed E-state index contributed by atoms with van der Waals surface area (Å²) in [6.45, 7) is 0.220. The first-order chi connectivity index (χ1) is 4.84. The van der Waals surface area contributed by atoms with E-state index in [4.69, 9.17) is 5.11 Å². The van der Waals surface area contributed by atoms with E-state index in [-0.39, 0.29) is 60.7 Å². The van der Waals surface area contributed by atoms with Gasteiger partial charge in [-0.25, -0.2) is 4.57 Å². The van der Waals surface area contributed by atoms with Crippen LogP contribution in [0.3, 0.4) is 0 Å². The third-order valence-corrected chi connectivity index (χ3v) is 1.53. The number of aliphatic hydroxyl groups is 1. The van der Waals surface area contributed by atoms with E-state index < -0.39 is 0 Å². The number of aliphatic hydroxyl groups excluding tert-OH is 1. The van der Waals surface area contributed by atoms with Crippen molar-refractivity contribution in [1.29, 1.82) is 0 Å². The van der Waals surface area contributed by atoms with Crippen LogP contribution >= 0.6 is 24.0 Å². The van der Waals surface area contributed by atoms with E-state index in [1.807, 2.05) is 36.0 Å². The first-order valence-corrected chi connectivity index (χ1v) is 3.39. The van der Waals surface area contributed by atoms with Crippen molar-refractivity contribution in [2.24, 2.45) is 7.05 Å². The number of hydrogen-bond acceptors (Lipinski definition) is 2. The molecule has 0 saturated heterocycles. The first-order valence-electron chi connectivity index (χ1n) is 3.39. The second-order valence-corrected chi connectivity index (χ2v) is 2.28. The molecule has 3 nitrogen and oxygen atoms in total. The zero-order chi connectivity index (χ0) is 7.40. The van der Waals surface area contributed by atoms with E-state index in [1.165, 1.54) is 0 Å². The molecule has 0 atom stereocenters. The number of halogens is 2. The summed E-state index contributed by atoms with van der Waals surface area (Å²) in [5, 5.41) is 8.63. The minimum Gasteiger partial charge on any atom is -1.00 e. The lowest BCUT2D eigenvalue weighted by atomic mass is 10.3. The van der Waals surface area contributed by atoms with Crippen LogP contribution in [0.25, 0.3) is 0 Å². The molecule has 0 unspecified atom stereocenters. The molecule has 1 aromatic rings. The van der Waals surface area contributed by atoms with Gasteiger partial charge in [-0.1, -0.05) is 6.07 Å². The molecule has 0 aliphatic heterocycles. The topological polar surface area (TPSA) is 59.1 Å². The molecule has 4 N–H and O–H groups in total. The molecule has 1 heterocycles. The van der Waals surface area contributed by atoms with Crippen molar-refractivity contribution < 1.29 is 33.7 Å². The van der Waals surface area contributed by atoms with Gasteiger partial charge in [0.25, 0.3) is 0 Å². The van der Waals surface area contributed by atoms with E-state index in [0.717, 1.165) is 12.1 Å². The predicted octanol–water partition coefficient (Wildman–Crippen LogP) is -2.17. The number of aryl methyl sites for hydroxylation is 1. The SMILES string of the molecule is C[n+]1ccccc1CCO.I.N.[I-]. The highest BCUT2D eigenvalue weighted by Gasteiger charge is 2.01. The zero-order valence-electron chi connectivity index (χ0n) is 7.61. The highest BCUT2D eigenvalue weighted by molar-refractivity contribution is 14.0. The van der Waals surface area contributed by atoms with E-state index in [1.54, 1.807) is 0 Å². The van der Waals surface area contributed by atoms with Crippen molar-refractivity contribution in [3.05, 3.63) is 30.1 Å². The number of pyridine rings is 1. The molecule has 0 aliphatic carbocycles. The Kier molecular flexibility index (Phi) is 15.6. The fourth-order valence-corrected chi connectivity index (χ4v) is 0.933. The van der Waals surface area contributed by atoms with Gasteiger partial charge in [0.05, 0.1) is 13.0 Å². The van der Waals surface area contributed by atoms with Crippen LogP contribution in [0, 0.1) is 0 Å². The average molecular weight is 410 g/mol. The van der Waals surface area contributed by atoms with Crippen LogP contribution in [0.1, 0.15) is 5.69 Å². The molecule has 0 aromatic carbocycles. The van der Waals surface area contributed by atoms with Crippen molar-refractivity contribution in [1.82, 2.24) is 6.15 Å². The fourth-order valence-electron chi connectivity index (χ4n) is 0.933. The zero-order valence-corrected chi connectivity index (χ0v) is 12.1.